The number of amides is 5. The fourth-order valence-electron chi connectivity index (χ4n) is 5.84. The minimum absolute atomic E-state index is 0.0443. The van der Waals surface area contributed by atoms with Crippen molar-refractivity contribution in [3.63, 3.8) is 0 Å². The molecule has 2 aromatic heterocycles. The summed E-state index contributed by atoms with van der Waals surface area (Å²) < 4.78 is 34.5. The number of carbonyl (C=O) groups is 4. The first kappa shape index (κ1) is 38.3. The van der Waals surface area contributed by atoms with Gasteiger partial charge in [0.15, 0.2) is 29.1 Å². The Bertz CT molecular complexity index is 2040. The second-order valence-electron chi connectivity index (χ2n) is 12.5. The van der Waals surface area contributed by atoms with Gasteiger partial charge < -0.3 is 25.6 Å². The molecule has 19 heteroatoms. The fourth-order valence-corrected chi connectivity index (χ4v) is 6.83. The Kier molecular flexibility index (Phi) is 12.1. The van der Waals surface area contributed by atoms with Gasteiger partial charge in [-0.3, -0.25) is 29.5 Å². The number of ether oxygens (including phenoxy) is 1. The van der Waals surface area contributed by atoms with E-state index in [1.807, 2.05) is 32.0 Å². The van der Waals surface area contributed by atoms with Crippen LogP contribution >= 0.6 is 22.9 Å². The normalized spacial score (nSPS) is 14.8. The molecule has 54 heavy (non-hydrogen) atoms. The zero-order chi connectivity index (χ0) is 38.4. The van der Waals surface area contributed by atoms with Gasteiger partial charge in [-0.1, -0.05) is 35.1 Å². The highest BCUT2D eigenvalue weighted by Crippen LogP contribution is 2.30. The number of nitrogens with zero attached hydrogens (tertiary/aromatic N) is 6. The number of halogens is 3. The van der Waals surface area contributed by atoms with Gasteiger partial charge >= 0.3 is 6.03 Å². The monoisotopic (exact) mass is 782 g/mol. The molecule has 4 aromatic rings. The van der Waals surface area contributed by atoms with Crippen molar-refractivity contribution in [3.05, 3.63) is 75.5 Å². The second kappa shape index (κ2) is 17.1. The van der Waals surface area contributed by atoms with E-state index in [4.69, 9.17) is 16.3 Å². The van der Waals surface area contributed by atoms with Crippen molar-refractivity contribution in [3.8, 4) is 5.75 Å². The molecule has 2 aliphatic rings. The van der Waals surface area contributed by atoms with Crippen LogP contribution in [0.3, 0.4) is 0 Å². The van der Waals surface area contributed by atoms with Gasteiger partial charge in [0, 0.05) is 63.9 Å². The molecule has 15 nitrogen and oxygen atoms in total. The summed E-state index contributed by atoms with van der Waals surface area (Å²) in [6, 6.07) is 7.97. The number of rotatable bonds is 13. The van der Waals surface area contributed by atoms with Crippen LogP contribution in [0, 0.1) is 25.5 Å². The summed E-state index contributed by atoms with van der Waals surface area (Å²) in [4.78, 5) is 67.8. The van der Waals surface area contributed by atoms with Crippen LogP contribution in [-0.4, -0.2) is 96.0 Å². The zero-order valence-electron chi connectivity index (χ0n) is 29.4. The van der Waals surface area contributed by atoms with Crippen molar-refractivity contribution in [1.82, 2.24) is 30.5 Å². The van der Waals surface area contributed by atoms with Gasteiger partial charge in [0.1, 0.15) is 22.3 Å². The Hall–Kier alpha value is -5.46. The summed E-state index contributed by atoms with van der Waals surface area (Å²) in [5.41, 5.74) is 1.08. The maximum Gasteiger partial charge on any atom is 0.328 e. The van der Waals surface area contributed by atoms with Gasteiger partial charge in [0.2, 0.25) is 5.91 Å². The van der Waals surface area contributed by atoms with E-state index in [9.17, 15) is 28.0 Å². The van der Waals surface area contributed by atoms with Crippen LogP contribution < -0.4 is 35.8 Å². The van der Waals surface area contributed by atoms with Crippen LogP contribution in [0.4, 0.5) is 41.7 Å². The lowest BCUT2D eigenvalue weighted by atomic mass is 10.2. The van der Waals surface area contributed by atoms with Gasteiger partial charge in [-0.2, -0.15) is 0 Å². The highest BCUT2D eigenvalue weighted by atomic mass is 35.5. The lowest BCUT2D eigenvalue weighted by molar-refractivity contribution is -0.123. The smallest absolute Gasteiger partial charge is 0.328 e. The first-order valence-corrected chi connectivity index (χ1v) is 18.2. The summed E-state index contributed by atoms with van der Waals surface area (Å²) in [5, 5.41) is 11.8. The largest absolute Gasteiger partial charge is 0.481 e. The number of urea groups is 1. The van der Waals surface area contributed by atoms with E-state index in [2.05, 4.69) is 46.0 Å². The molecule has 0 unspecified atom stereocenters. The molecule has 0 bridgehead atoms. The summed E-state index contributed by atoms with van der Waals surface area (Å²) in [6.45, 7) is 7.15. The summed E-state index contributed by atoms with van der Waals surface area (Å²) in [7, 11) is 0. The minimum Gasteiger partial charge on any atom is -0.481 e. The van der Waals surface area contributed by atoms with Crippen molar-refractivity contribution in [2.24, 2.45) is 0 Å². The van der Waals surface area contributed by atoms with Gasteiger partial charge in [-0.15, -0.1) is 0 Å². The molecule has 0 aliphatic carbocycles. The molecule has 0 radical (unpaired) electrons. The Morgan fingerprint density at radius 1 is 1.04 bits per heavy atom. The lowest BCUT2D eigenvalue weighted by Crippen LogP contribution is -2.49. The first-order chi connectivity index (χ1) is 25.9. The topological polar surface area (TPSA) is 174 Å². The molecule has 2 saturated heterocycles. The van der Waals surface area contributed by atoms with E-state index in [1.54, 1.807) is 6.07 Å². The van der Waals surface area contributed by atoms with E-state index in [0.29, 0.717) is 45.3 Å². The molecule has 2 aromatic carbocycles. The third kappa shape index (κ3) is 9.55. The van der Waals surface area contributed by atoms with E-state index in [-0.39, 0.29) is 24.6 Å². The van der Waals surface area contributed by atoms with Crippen LogP contribution in [0.25, 0.3) is 0 Å². The molecule has 4 heterocycles. The van der Waals surface area contributed by atoms with Crippen LogP contribution in [0.1, 0.15) is 33.9 Å². The third-order valence-electron chi connectivity index (χ3n) is 8.62. The maximum absolute atomic E-state index is 14.7. The van der Waals surface area contributed by atoms with Crippen LogP contribution in [-0.2, 0) is 9.59 Å². The molecule has 0 atom stereocenters. The first-order valence-electron chi connectivity index (χ1n) is 17.1. The number of anilines is 5. The minimum atomic E-state index is -0.951. The lowest BCUT2D eigenvalue weighted by Gasteiger charge is -2.35. The Balaban J connectivity index is 0.914. The van der Waals surface area contributed by atoms with E-state index < -0.39 is 41.8 Å². The number of nitrogens with one attached hydrogen (secondary N) is 4. The standard InChI is InChI=1S/C35H37ClF2N10O5S/c1-20-5-3-6-22(36)32(20)45-33(51)27-18-40-34(54-27)43-28-17-29(42-21(2)41-28)47-13-11-46(12-14-47)9-4-8-39-31(50)19-53-26-16-23(37)25(15-24(26)38)48-10-7-30(49)44-35(48)52/h3,5-6,15-18H,4,7-14,19H2,1-2H3,(H,39,50)(H,45,51)(H,44,49,52)(H,40,41,42,43). The molecule has 6 rings (SSSR count). The van der Waals surface area contributed by atoms with Gasteiger partial charge in [-0.25, -0.2) is 28.5 Å². The molecular weight excluding hydrogens is 746 g/mol. The molecule has 0 saturated carbocycles. The maximum atomic E-state index is 14.7. The summed E-state index contributed by atoms with van der Waals surface area (Å²) in [6.07, 6.45) is 2.12. The van der Waals surface area contributed by atoms with Crippen molar-refractivity contribution in [2.75, 3.05) is 72.9 Å². The molecular formula is C35H37ClF2N10O5S. The van der Waals surface area contributed by atoms with Gasteiger partial charge in [0.25, 0.3) is 11.8 Å². The van der Waals surface area contributed by atoms with E-state index in [1.165, 1.54) is 17.5 Å². The highest BCUT2D eigenvalue weighted by molar-refractivity contribution is 7.17. The fraction of sp³-hybridized carbons (Fsp3) is 0.343. The van der Waals surface area contributed by atoms with Crippen LogP contribution in [0.5, 0.6) is 5.75 Å². The number of aryl methyl sites for hydroxylation is 2. The summed E-state index contributed by atoms with van der Waals surface area (Å²) in [5.74, 6) is -1.76. The SMILES string of the molecule is Cc1nc(Nc2ncc(C(=O)Nc3c(C)cccc3Cl)s2)cc(N2CCN(CCCNC(=O)COc3cc(F)c(N4CCC(=O)NC4=O)cc3F)CC2)n1. The molecule has 5 amide bonds. The Morgan fingerprint density at radius 2 is 1.83 bits per heavy atom. The number of piperazine rings is 1. The molecule has 2 fully saturated rings. The number of para-hydroxylation sites is 1. The zero-order valence-corrected chi connectivity index (χ0v) is 31.0. The second-order valence-corrected chi connectivity index (χ2v) is 13.9. The number of thiazole rings is 1. The van der Waals surface area contributed by atoms with Gasteiger partial charge in [0.05, 0.1) is 22.6 Å². The quantitative estimate of drug-likeness (QED) is 0.139. The molecule has 284 valence electrons. The summed E-state index contributed by atoms with van der Waals surface area (Å²) >= 11 is 7.46. The Labute approximate surface area is 318 Å². The number of carbonyl (C=O) groups excluding carboxylic acids is 4. The number of hydrogen-bond acceptors (Lipinski definition) is 12. The van der Waals surface area contributed by atoms with E-state index in [0.717, 1.165) is 61.1 Å². The molecule has 2 aliphatic heterocycles. The third-order valence-corrected chi connectivity index (χ3v) is 9.85. The van der Waals surface area contributed by atoms with Crippen molar-refractivity contribution >= 4 is 74.8 Å². The number of aromatic nitrogens is 3. The van der Waals surface area contributed by atoms with Gasteiger partial charge in [-0.05, 0) is 38.4 Å². The van der Waals surface area contributed by atoms with Crippen molar-refractivity contribution in [1.29, 1.82) is 0 Å². The predicted octanol–water partition coefficient (Wildman–Crippen LogP) is 4.63. The van der Waals surface area contributed by atoms with Crippen LogP contribution in [0.2, 0.25) is 5.02 Å². The van der Waals surface area contributed by atoms with Crippen molar-refractivity contribution in [2.45, 2.75) is 26.7 Å². The highest BCUT2D eigenvalue weighted by Gasteiger charge is 2.28. The number of hydrogen-bond donors (Lipinski definition) is 4. The average molecular weight is 783 g/mol. The van der Waals surface area contributed by atoms with Crippen LogP contribution in [0.15, 0.2) is 42.6 Å². The van der Waals surface area contributed by atoms with E-state index >= 15 is 0 Å². The molecule has 4 N–H and O–H groups in total. The Morgan fingerprint density at radius 3 is 2.59 bits per heavy atom. The predicted molar refractivity (Wildman–Crippen MR) is 200 cm³/mol. The number of imide groups is 1. The average Bonchev–Trinajstić information content (AvgIpc) is 3.60. The van der Waals surface area contributed by atoms with Crippen molar-refractivity contribution < 1.29 is 32.7 Å². The number of benzene rings is 2. The molecule has 0 spiro atoms.